The molecule has 1 aromatic rings. The molecule has 1 aliphatic carbocycles. The number of nitrogens with one attached hydrogen (secondary N) is 1. The first-order valence-corrected chi connectivity index (χ1v) is 6.59. The molecule has 0 amide bonds. The van der Waals surface area contributed by atoms with Gasteiger partial charge in [-0.15, -0.1) is 0 Å². The Morgan fingerprint density at radius 3 is 2.41 bits per heavy atom. The first-order valence-electron chi connectivity index (χ1n) is 6.59. The fourth-order valence-electron chi connectivity index (χ4n) is 2.54. The van der Waals surface area contributed by atoms with Crippen molar-refractivity contribution in [2.24, 2.45) is 0 Å². The van der Waals surface area contributed by atoms with Gasteiger partial charge < -0.3 is 5.32 Å². The fraction of sp³-hybridized carbons (Fsp3) is 0.533. The van der Waals surface area contributed by atoms with Crippen molar-refractivity contribution in [1.82, 2.24) is 0 Å². The highest BCUT2D eigenvalue weighted by atomic mass is 16.1. The van der Waals surface area contributed by atoms with Gasteiger partial charge in [0.1, 0.15) is 5.78 Å². The molecule has 1 aliphatic rings. The summed E-state index contributed by atoms with van der Waals surface area (Å²) >= 11 is 0. The normalized spacial score (nSPS) is 16.8. The zero-order valence-corrected chi connectivity index (χ0v) is 10.5. The van der Waals surface area contributed by atoms with Crippen molar-refractivity contribution in [1.29, 1.82) is 0 Å². The standard InChI is InChI=1S/C15H21NO/c1-12(17)11-16-15-9-7-14(8-10-15)13-5-3-2-4-6-13/h7-10,13,16H,2-6,11H2,1H3. The van der Waals surface area contributed by atoms with Gasteiger partial charge in [0.25, 0.3) is 0 Å². The van der Waals surface area contributed by atoms with Crippen LogP contribution in [0, 0.1) is 0 Å². The molecule has 0 aromatic heterocycles. The maximum atomic E-state index is 10.9. The second kappa shape index (κ2) is 5.85. The lowest BCUT2D eigenvalue weighted by molar-refractivity contribution is -0.115. The van der Waals surface area contributed by atoms with Crippen LogP contribution in [0.3, 0.4) is 0 Å². The summed E-state index contributed by atoms with van der Waals surface area (Å²) in [4.78, 5) is 10.9. The molecule has 1 aromatic carbocycles. The summed E-state index contributed by atoms with van der Waals surface area (Å²) in [6.45, 7) is 2.02. The van der Waals surface area contributed by atoms with Gasteiger partial charge in [-0.2, -0.15) is 0 Å². The molecule has 1 saturated carbocycles. The van der Waals surface area contributed by atoms with Gasteiger partial charge >= 0.3 is 0 Å². The van der Waals surface area contributed by atoms with Gasteiger partial charge in [0.15, 0.2) is 0 Å². The Morgan fingerprint density at radius 1 is 1.18 bits per heavy atom. The van der Waals surface area contributed by atoms with Crippen molar-refractivity contribution < 1.29 is 4.79 Å². The third-order valence-electron chi connectivity index (χ3n) is 3.53. The molecule has 1 fully saturated rings. The first kappa shape index (κ1) is 12.2. The van der Waals surface area contributed by atoms with E-state index in [4.69, 9.17) is 0 Å². The zero-order chi connectivity index (χ0) is 12.1. The van der Waals surface area contributed by atoms with Crippen LogP contribution in [0.4, 0.5) is 5.69 Å². The Morgan fingerprint density at radius 2 is 1.82 bits per heavy atom. The molecule has 0 radical (unpaired) electrons. The minimum absolute atomic E-state index is 0.168. The van der Waals surface area contributed by atoms with Crippen molar-refractivity contribution in [3.8, 4) is 0 Å². The van der Waals surface area contributed by atoms with E-state index >= 15 is 0 Å². The van der Waals surface area contributed by atoms with Crippen molar-refractivity contribution in [2.75, 3.05) is 11.9 Å². The van der Waals surface area contributed by atoms with Gasteiger partial charge in [-0.3, -0.25) is 4.79 Å². The molecule has 0 atom stereocenters. The molecule has 0 heterocycles. The van der Waals surface area contributed by atoms with Crippen molar-refractivity contribution in [3.05, 3.63) is 29.8 Å². The number of anilines is 1. The highest BCUT2D eigenvalue weighted by molar-refractivity contribution is 5.80. The summed E-state index contributed by atoms with van der Waals surface area (Å²) in [5.41, 5.74) is 2.50. The monoisotopic (exact) mass is 231 g/mol. The fourth-order valence-corrected chi connectivity index (χ4v) is 2.54. The molecule has 17 heavy (non-hydrogen) atoms. The molecule has 1 N–H and O–H groups in total. The van der Waals surface area contributed by atoms with Crippen LogP contribution < -0.4 is 5.32 Å². The number of ketones is 1. The molecule has 2 heteroatoms. The molecule has 2 nitrogen and oxygen atoms in total. The third kappa shape index (κ3) is 3.58. The lowest BCUT2D eigenvalue weighted by Gasteiger charge is -2.22. The Kier molecular flexibility index (Phi) is 4.18. The van der Waals surface area contributed by atoms with E-state index in [0.717, 1.165) is 11.6 Å². The van der Waals surface area contributed by atoms with E-state index in [0.29, 0.717) is 6.54 Å². The number of carbonyl (C=O) groups is 1. The topological polar surface area (TPSA) is 29.1 Å². The van der Waals surface area contributed by atoms with Gasteiger partial charge in [-0.1, -0.05) is 31.4 Å². The molecular weight excluding hydrogens is 210 g/mol. The number of rotatable bonds is 4. The van der Waals surface area contributed by atoms with E-state index < -0.39 is 0 Å². The average molecular weight is 231 g/mol. The summed E-state index contributed by atoms with van der Waals surface area (Å²) in [6.07, 6.45) is 6.80. The van der Waals surface area contributed by atoms with Crippen LogP contribution in [-0.4, -0.2) is 12.3 Å². The summed E-state index contributed by atoms with van der Waals surface area (Å²) in [6, 6.07) is 8.59. The minimum Gasteiger partial charge on any atom is -0.378 e. The van der Waals surface area contributed by atoms with Crippen LogP contribution in [0.2, 0.25) is 0 Å². The molecule has 2 rings (SSSR count). The van der Waals surface area contributed by atoms with Crippen LogP contribution >= 0.6 is 0 Å². The van der Waals surface area contributed by atoms with Gasteiger partial charge in [0, 0.05) is 5.69 Å². The van der Waals surface area contributed by atoms with Gasteiger partial charge in [-0.25, -0.2) is 0 Å². The third-order valence-corrected chi connectivity index (χ3v) is 3.53. The molecular formula is C15H21NO. The lowest BCUT2D eigenvalue weighted by Crippen LogP contribution is -2.10. The molecule has 0 unspecified atom stereocenters. The van der Waals surface area contributed by atoms with E-state index in [9.17, 15) is 4.79 Å². The van der Waals surface area contributed by atoms with E-state index in [2.05, 4.69) is 29.6 Å². The average Bonchev–Trinajstić information content (AvgIpc) is 2.38. The smallest absolute Gasteiger partial charge is 0.148 e. The van der Waals surface area contributed by atoms with E-state index in [1.165, 1.54) is 37.7 Å². The van der Waals surface area contributed by atoms with Gasteiger partial charge in [0.2, 0.25) is 0 Å². The zero-order valence-electron chi connectivity index (χ0n) is 10.5. The van der Waals surface area contributed by atoms with E-state index in [1.54, 1.807) is 6.92 Å². The molecule has 0 bridgehead atoms. The second-order valence-electron chi connectivity index (χ2n) is 5.01. The van der Waals surface area contributed by atoms with E-state index in [-0.39, 0.29) is 5.78 Å². The highest BCUT2D eigenvalue weighted by Gasteiger charge is 2.14. The first-order chi connectivity index (χ1) is 8.25. The van der Waals surface area contributed by atoms with Crippen LogP contribution in [0.5, 0.6) is 0 Å². The minimum atomic E-state index is 0.168. The largest absolute Gasteiger partial charge is 0.378 e. The van der Waals surface area contributed by atoms with E-state index in [1.807, 2.05) is 0 Å². The Bertz CT molecular complexity index is 363. The van der Waals surface area contributed by atoms with Gasteiger partial charge in [-0.05, 0) is 43.4 Å². The molecule has 0 saturated heterocycles. The molecule has 0 aliphatic heterocycles. The number of hydrogen-bond acceptors (Lipinski definition) is 2. The number of Topliss-reactive ketones (excluding diaryl/α,β-unsaturated/α-hetero) is 1. The van der Waals surface area contributed by atoms with Crippen molar-refractivity contribution >= 4 is 11.5 Å². The summed E-state index contributed by atoms with van der Waals surface area (Å²) in [5, 5.41) is 3.12. The van der Waals surface area contributed by atoms with Crippen LogP contribution in [0.15, 0.2) is 24.3 Å². The maximum Gasteiger partial charge on any atom is 0.148 e. The SMILES string of the molecule is CC(=O)CNc1ccc(C2CCCCC2)cc1. The van der Waals surface area contributed by atoms with Crippen LogP contribution in [0.25, 0.3) is 0 Å². The molecule has 92 valence electrons. The van der Waals surface area contributed by atoms with Crippen LogP contribution in [-0.2, 0) is 4.79 Å². The maximum absolute atomic E-state index is 10.9. The number of benzene rings is 1. The second-order valence-corrected chi connectivity index (χ2v) is 5.01. The van der Waals surface area contributed by atoms with Gasteiger partial charge in [0.05, 0.1) is 6.54 Å². The summed E-state index contributed by atoms with van der Waals surface area (Å²) in [7, 11) is 0. The predicted molar refractivity (Wildman–Crippen MR) is 71.4 cm³/mol. The quantitative estimate of drug-likeness (QED) is 0.855. The van der Waals surface area contributed by atoms with Crippen molar-refractivity contribution in [3.63, 3.8) is 0 Å². The highest BCUT2D eigenvalue weighted by Crippen LogP contribution is 2.32. The number of hydrogen-bond donors (Lipinski definition) is 1. The Labute approximate surface area is 103 Å². The van der Waals surface area contributed by atoms with Crippen LogP contribution in [0.1, 0.15) is 50.5 Å². The lowest BCUT2D eigenvalue weighted by atomic mass is 9.84. The van der Waals surface area contributed by atoms with Crippen molar-refractivity contribution in [2.45, 2.75) is 44.9 Å². The Balaban J connectivity index is 1.94. The summed E-state index contributed by atoms with van der Waals surface area (Å²) in [5.74, 6) is 0.923. The number of carbonyl (C=O) groups excluding carboxylic acids is 1. The predicted octanol–water partition coefficient (Wildman–Crippen LogP) is 3.74. The molecule has 0 spiro atoms. The Hall–Kier alpha value is -1.31. The summed E-state index contributed by atoms with van der Waals surface area (Å²) < 4.78 is 0.